The van der Waals surface area contributed by atoms with Gasteiger partial charge in [0.25, 0.3) is 5.91 Å². The summed E-state index contributed by atoms with van der Waals surface area (Å²) in [6.45, 7) is 0.996. The number of aromatic nitrogens is 2. The Kier molecular flexibility index (Phi) is 6.11. The fraction of sp³-hybridized carbons (Fsp3) is 0.105. The van der Waals surface area contributed by atoms with Crippen LogP contribution >= 0.6 is 12.2 Å². The third-order valence-electron chi connectivity index (χ3n) is 3.74. The first-order valence-electron chi connectivity index (χ1n) is 8.25. The number of benzene rings is 2. The van der Waals surface area contributed by atoms with Crippen molar-refractivity contribution in [3.8, 4) is 0 Å². The van der Waals surface area contributed by atoms with Crippen LogP contribution in [0, 0.1) is 5.82 Å². The third kappa shape index (κ3) is 5.61. The summed E-state index contributed by atoms with van der Waals surface area (Å²) in [5, 5.41) is 7.37. The molecule has 3 aromatic rings. The summed E-state index contributed by atoms with van der Waals surface area (Å²) in [4.78, 5) is 12.2. The molecule has 0 aliphatic heterocycles. The molecule has 0 bridgehead atoms. The standard InChI is InChI=1S/C19H18FN5OS/c20-17-8-6-14(7-9-17)10-21-19(27)24-23-18(26)16-11-22-25(13-16)12-15-4-2-1-3-5-15/h1-9,11,13H,10,12H2,(H,23,26)(H2,21,24,27). The first-order chi connectivity index (χ1) is 13.1. The SMILES string of the molecule is O=C(NNC(=S)NCc1ccc(F)cc1)c1cnn(Cc2ccccc2)c1. The Labute approximate surface area is 161 Å². The minimum absolute atomic E-state index is 0.254. The third-order valence-corrected chi connectivity index (χ3v) is 3.99. The summed E-state index contributed by atoms with van der Waals surface area (Å²) in [7, 11) is 0. The summed E-state index contributed by atoms with van der Waals surface area (Å²) in [6.07, 6.45) is 3.16. The van der Waals surface area contributed by atoms with Crippen molar-refractivity contribution in [2.24, 2.45) is 0 Å². The van der Waals surface area contributed by atoms with Crippen molar-refractivity contribution in [1.82, 2.24) is 25.9 Å². The highest BCUT2D eigenvalue weighted by Crippen LogP contribution is 2.04. The Hall–Kier alpha value is -3.26. The Bertz CT molecular complexity index is 911. The van der Waals surface area contributed by atoms with Gasteiger partial charge in [-0.3, -0.25) is 20.3 Å². The maximum absolute atomic E-state index is 12.9. The van der Waals surface area contributed by atoms with Gasteiger partial charge in [0.2, 0.25) is 0 Å². The molecule has 3 N–H and O–H groups in total. The molecule has 0 spiro atoms. The van der Waals surface area contributed by atoms with Crippen LogP contribution in [-0.2, 0) is 13.1 Å². The van der Waals surface area contributed by atoms with Crippen molar-refractivity contribution in [3.05, 3.63) is 89.5 Å². The summed E-state index contributed by atoms with van der Waals surface area (Å²) in [5.41, 5.74) is 7.53. The number of amides is 1. The molecule has 0 saturated heterocycles. The van der Waals surface area contributed by atoms with E-state index in [1.807, 2.05) is 30.3 Å². The van der Waals surface area contributed by atoms with Crippen LogP contribution < -0.4 is 16.2 Å². The monoisotopic (exact) mass is 383 g/mol. The Morgan fingerprint density at radius 3 is 2.52 bits per heavy atom. The molecule has 0 radical (unpaired) electrons. The van der Waals surface area contributed by atoms with Gasteiger partial charge in [-0.1, -0.05) is 42.5 Å². The fourth-order valence-electron chi connectivity index (χ4n) is 2.35. The second kappa shape index (κ2) is 8.91. The molecule has 0 saturated carbocycles. The molecule has 138 valence electrons. The number of halogens is 1. The fourth-order valence-corrected chi connectivity index (χ4v) is 2.48. The number of rotatable bonds is 5. The van der Waals surface area contributed by atoms with Crippen molar-refractivity contribution >= 4 is 23.2 Å². The van der Waals surface area contributed by atoms with Crippen LogP contribution in [0.25, 0.3) is 0 Å². The largest absolute Gasteiger partial charge is 0.357 e. The zero-order valence-electron chi connectivity index (χ0n) is 14.4. The number of carbonyl (C=O) groups is 1. The summed E-state index contributed by atoms with van der Waals surface area (Å²) in [5.74, 6) is -0.639. The zero-order valence-corrected chi connectivity index (χ0v) is 15.2. The topological polar surface area (TPSA) is 71.0 Å². The van der Waals surface area contributed by atoms with Crippen LogP contribution in [0.2, 0.25) is 0 Å². The normalized spacial score (nSPS) is 10.3. The average Bonchev–Trinajstić information content (AvgIpc) is 3.15. The van der Waals surface area contributed by atoms with Crippen LogP contribution in [0.4, 0.5) is 4.39 Å². The predicted molar refractivity (Wildman–Crippen MR) is 104 cm³/mol. The number of hydrogen-bond donors (Lipinski definition) is 3. The van der Waals surface area contributed by atoms with E-state index in [4.69, 9.17) is 12.2 Å². The van der Waals surface area contributed by atoms with E-state index in [0.717, 1.165) is 11.1 Å². The summed E-state index contributed by atoms with van der Waals surface area (Å²) in [6, 6.07) is 15.9. The number of hydrazine groups is 1. The molecule has 27 heavy (non-hydrogen) atoms. The molecular formula is C19H18FN5OS. The molecule has 1 amide bonds. The molecule has 1 aromatic heterocycles. The lowest BCUT2D eigenvalue weighted by atomic mass is 10.2. The second-order valence-electron chi connectivity index (χ2n) is 5.80. The molecule has 8 heteroatoms. The lowest BCUT2D eigenvalue weighted by molar-refractivity contribution is 0.0943. The van der Waals surface area contributed by atoms with Crippen molar-refractivity contribution < 1.29 is 9.18 Å². The van der Waals surface area contributed by atoms with Crippen LogP contribution in [-0.4, -0.2) is 20.8 Å². The molecule has 0 unspecified atom stereocenters. The van der Waals surface area contributed by atoms with Gasteiger partial charge >= 0.3 is 0 Å². The molecular weight excluding hydrogens is 365 g/mol. The molecule has 0 fully saturated rings. The van der Waals surface area contributed by atoms with Gasteiger partial charge in [-0.2, -0.15) is 5.10 Å². The first-order valence-corrected chi connectivity index (χ1v) is 8.66. The lowest BCUT2D eigenvalue weighted by Crippen LogP contribution is -2.46. The molecule has 1 heterocycles. The van der Waals surface area contributed by atoms with Crippen molar-refractivity contribution in [2.45, 2.75) is 13.1 Å². The Morgan fingerprint density at radius 2 is 1.78 bits per heavy atom. The lowest BCUT2D eigenvalue weighted by Gasteiger charge is -2.11. The zero-order chi connectivity index (χ0) is 19.1. The first kappa shape index (κ1) is 18.5. The Balaban J connectivity index is 1.44. The number of carbonyl (C=O) groups excluding carboxylic acids is 1. The Morgan fingerprint density at radius 1 is 1.04 bits per heavy atom. The quantitative estimate of drug-likeness (QED) is 0.466. The molecule has 3 rings (SSSR count). The number of nitrogens with one attached hydrogen (secondary N) is 3. The van der Waals surface area contributed by atoms with Gasteiger partial charge in [0.05, 0.1) is 18.3 Å². The van der Waals surface area contributed by atoms with E-state index in [2.05, 4.69) is 21.3 Å². The molecule has 0 aliphatic rings. The number of thiocarbonyl (C=S) groups is 1. The van der Waals surface area contributed by atoms with E-state index >= 15 is 0 Å². The summed E-state index contributed by atoms with van der Waals surface area (Å²) < 4.78 is 14.6. The van der Waals surface area contributed by atoms with E-state index < -0.39 is 0 Å². The predicted octanol–water partition coefficient (Wildman–Crippen LogP) is 2.38. The van der Waals surface area contributed by atoms with Crippen LogP contribution in [0.5, 0.6) is 0 Å². The minimum Gasteiger partial charge on any atom is -0.357 e. The minimum atomic E-state index is -0.347. The van der Waals surface area contributed by atoms with Gasteiger partial charge in [0.15, 0.2) is 5.11 Å². The van der Waals surface area contributed by atoms with Gasteiger partial charge in [0, 0.05) is 12.7 Å². The second-order valence-corrected chi connectivity index (χ2v) is 6.21. The number of hydrogen-bond acceptors (Lipinski definition) is 3. The van der Waals surface area contributed by atoms with E-state index in [0.29, 0.717) is 18.7 Å². The molecule has 0 aliphatic carbocycles. The van der Waals surface area contributed by atoms with E-state index in [1.165, 1.54) is 18.3 Å². The maximum atomic E-state index is 12.9. The van der Waals surface area contributed by atoms with E-state index in [1.54, 1.807) is 23.0 Å². The van der Waals surface area contributed by atoms with Crippen LogP contribution in [0.15, 0.2) is 67.0 Å². The van der Waals surface area contributed by atoms with E-state index in [9.17, 15) is 9.18 Å². The summed E-state index contributed by atoms with van der Waals surface area (Å²) >= 11 is 5.11. The highest BCUT2D eigenvalue weighted by molar-refractivity contribution is 7.80. The van der Waals surface area contributed by atoms with Crippen molar-refractivity contribution in [1.29, 1.82) is 0 Å². The van der Waals surface area contributed by atoms with Crippen molar-refractivity contribution in [2.75, 3.05) is 0 Å². The smallest absolute Gasteiger partial charge is 0.272 e. The highest BCUT2D eigenvalue weighted by atomic mass is 32.1. The average molecular weight is 383 g/mol. The van der Waals surface area contributed by atoms with Gasteiger partial charge in [0.1, 0.15) is 5.82 Å². The van der Waals surface area contributed by atoms with Gasteiger partial charge in [-0.15, -0.1) is 0 Å². The van der Waals surface area contributed by atoms with Crippen molar-refractivity contribution in [3.63, 3.8) is 0 Å². The maximum Gasteiger partial charge on any atom is 0.272 e. The number of nitrogens with zero attached hydrogens (tertiary/aromatic N) is 2. The van der Waals surface area contributed by atoms with E-state index in [-0.39, 0.29) is 16.8 Å². The molecule has 6 nitrogen and oxygen atoms in total. The van der Waals surface area contributed by atoms with Gasteiger partial charge in [-0.25, -0.2) is 4.39 Å². The van der Waals surface area contributed by atoms with Gasteiger partial charge in [-0.05, 0) is 35.5 Å². The molecule has 0 atom stereocenters. The van der Waals surface area contributed by atoms with Crippen LogP contribution in [0.3, 0.4) is 0 Å². The van der Waals surface area contributed by atoms with Crippen LogP contribution in [0.1, 0.15) is 21.5 Å². The van der Waals surface area contributed by atoms with Gasteiger partial charge < -0.3 is 5.32 Å². The molecule has 2 aromatic carbocycles. The highest BCUT2D eigenvalue weighted by Gasteiger charge is 2.09.